The Labute approximate surface area is 110 Å². The molecule has 1 fully saturated rings. The van der Waals surface area contributed by atoms with E-state index >= 15 is 0 Å². The number of hydrogen-bond donors (Lipinski definition) is 1. The molecule has 1 atom stereocenters. The Morgan fingerprint density at radius 1 is 1.32 bits per heavy atom. The quantitative estimate of drug-likeness (QED) is 0.776. The molecule has 1 spiro atoms. The molecular weight excluding hydrogens is 246 g/mol. The fraction of sp³-hybridized carbons (Fsp3) is 0.429. The highest BCUT2D eigenvalue weighted by Gasteiger charge is 2.44. The summed E-state index contributed by atoms with van der Waals surface area (Å²) < 4.78 is 6.02. The van der Waals surface area contributed by atoms with Crippen molar-refractivity contribution in [2.24, 2.45) is 0 Å². The van der Waals surface area contributed by atoms with E-state index in [1.807, 2.05) is 24.3 Å². The summed E-state index contributed by atoms with van der Waals surface area (Å²) in [4.78, 5) is 23.7. The van der Waals surface area contributed by atoms with Gasteiger partial charge in [0.05, 0.1) is 6.42 Å². The van der Waals surface area contributed by atoms with Crippen molar-refractivity contribution in [1.29, 1.82) is 0 Å². The van der Waals surface area contributed by atoms with E-state index in [0.29, 0.717) is 6.42 Å². The van der Waals surface area contributed by atoms with Crippen molar-refractivity contribution in [3.05, 3.63) is 29.8 Å². The number of likely N-dealkylation sites (tertiary alicyclic amines) is 1. The normalized spacial score (nSPS) is 25.9. The Kier molecular flexibility index (Phi) is 2.69. The van der Waals surface area contributed by atoms with Crippen molar-refractivity contribution in [3.63, 3.8) is 0 Å². The van der Waals surface area contributed by atoms with Crippen LogP contribution < -0.4 is 4.74 Å². The molecule has 19 heavy (non-hydrogen) atoms. The first-order chi connectivity index (χ1) is 9.10. The average molecular weight is 261 g/mol. The third-order valence-electron chi connectivity index (χ3n) is 3.95. The van der Waals surface area contributed by atoms with E-state index in [-0.39, 0.29) is 18.9 Å². The minimum Gasteiger partial charge on any atom is -0.486 e. The van der Waals surface area contributed by atoms with Crippen molar-refractivity contribution in [1.82, 2.24) is 4.90 Å². The van der Waals surface area contributed by atoms with Gasteiger partial charge in [-0.3, -0.25) is 4.79 Å². The largest absolute Gasteiger partial charge is 0.486 e. The zero-order valence-corrected chi connectivity index (χ0v) is 10.5. The van der Waals surface area contributed by atoms with Crippen molar-refractivity contribution in [2.75, 3.05) is 6.54 Å². The Bertz CT molecular complexity index is 542. The molecule has 1 saturated heterocycles. The van der Waals surface area contributed by atoms with Crippen LogP contribution in [-0.4, -0.2) is 34.2 Å². The van der Waals surface area contributed by atoms with Gasteiger partial charge >= 0.3 is 6.09 Å². The van der Waals surface area contributed by atoms with Crippen molar-refractivity contribution in [2.45, 2.75) is 31.3 Å². The number of hydrogen-bond acceptors (Lipinski definition) is 3. The lowest BCUT2D eigenvalue weighted by Gasteiger charge is -2.42. The number of carbonyl (C=O) groups is 2. The van der Waals surface area contributed by atoms with Gasteiger partial charge in [0.1, 0.15) is 11.4 Å². The second-order valence-electron chi connectivity index (χ2n) is 5.15. The van der Waals surface area contributed by atoms with Crippen LogP contribution in [0.5, 0.6) is 5.75 Å². The first kappa shape index (κ1) is 12.0. The van der Waals surface area contributed by atoms with Crippen molar-refractivity contribution >= 4 is 12.0 Å². The van der Waals surface area contributed by atoms with Gasteiger partial charge in [0, 0.05) is 13.0 Å². The number of amides is 2. The highest BCUT2D eigenvalue weighted by Crippen LogP contribution is 2.39. The molecule has 1 aromatic carbocycles. The molecule has 0 bridgehead atoms. The summed E-state index contributed by atoms with van der Waals surface area (Å²) >= 11 is 0. The van der Waals surface area contributed by atoms with E-state index in [1.54, 1.807) is 0 Å². The van der Waals surface area contributed by atoms with Crippen LogP contribution in [0, 0.1) is 0 Å². The maximum absolute atomic E-state index is 11.9. The van der Waals surface area contributed by atoms with Crippen LogP contribution >= 0.6 is 0 Å². The molecule has 2 aliphatic heterocycles. The number of para-hydroxylation sites is 1. The number of rotatable bonds is 0. The number of nitrogens with zero attached hydrogens (tertiary/aromatic N) is 1. The first-order valence-corrected chi connectivity index (χ1v) is 6.40. The Morgan fingerprint density at radius 2 is 2.11 bits per heavy atom. The van der Waals surface area contributed by atoms with Crippen LogP contribution in [0.25, 0.3) is 0 Å². The van der Waals surface area contributed by atoms with Gasteiger partial charge in [0.25, 0.3) is 0 Å². The number of carbonyl (C=O) groups excluding carboxylic acids is 1. The molecule has 2 amide bonds. The lowest BCUT2D eigenvalue weighted by Crippen LogP contribution is -2.53. The number of fused-ring (bicyclic) bond motifs is 1. The maximum atomic E-state index is 11.9. The molecule has 0 radical (unpaired) electrons. The molecular formula is C14H15NO4. The molecule has 0 aliphatic carbocycles. The Hall–Kier alpha value is -2.04. The molecule has 0 aromatic heterocycles. The van der Waals surface area contributed by atoms with Gasteiger partial charge in [-0.25, -0.2) is 9.69 Å². The fourth-order valence-electron chi connectivity index (χ4n) is 2.86. The van der Waals surface area contributed by atoms with Gasteiger partial charge in [-0.2, -0.15) is 0 Å². The lowest BCUT2D eigenvalue weighted by atomic mass is 9.83. The van der Waals surface area contributed by atoms with Crippen LogP contribution in [0.1, 0.15) is 24.8 Å². The number of aryl methyl sites for hydroxylation is 1. The van der Waals surface area contributed by atoms with Gasteiger partial charge in [-0.1, -0.05) is 18.2 Å². The van der Waals surface area contributed by atoms with E-state index in [2.05, 4.69) is 0 Å². The molecule has 1 unspecified atom stereocenters. The number of carboxylic acid groups (broad SMARTS) is 1. The molecule has 2 heterocycles. The minimum atomic E-state index is -1.17. The standard InChI is InChI=1S/C14H15NO4/c16-12-9-14(7-8-15(12)13(17)18)6-5-10-3-1-2-4-11(10)19-14/h1-4H,5-9H2,(H,17,18). The second kappa shape index (κ2) is 4.26. The monoisotopic (exact) mass is 261 g/mol. The smallest absolute Gasteiger partial charge is 0.414 e. The summed E-state index contributed by atoms with van der Waals surface area (Å²) in [5.41, 5.74) is 0.637. The summed E-state index contributed by atoms with van der Waals surface area (Å²) in [6.07, 6.45) is 1.18. The molecule has 0 saturated carbocycles. The Morgan fingerprint density at radius 3 is 2.84 bits per heavy atom. The van der Waals surface area contributed by atoms with Crippen LogP contribution in [0.2, 0.25) is 0 Å². The van der Waals surface area contributed by atoms with Gasteiger partial charge in [-0.15, -0.1) is 0 Å². The molecule has 1 N–H and O–H groups in total. The summed E-state index contributed by atoms with van der Waals surface area (Å²) in [5.74, 6) is 0.462. The third-order valence-corrected chi connectivity index (χ3v) is 3.95. The number of piperidine rings is 1. The molecule has 5 nitrogen and oxygen atoms in total. The first-order valence-electron chi connectivity index (χ1n) is 6.40. The van der Waals surface area contributed by atoms with Crippen LogP contribution in [0.15, 0.2) is 24.3 Å². The third kappa shape index (κ3) is 2.05. The molecule has 1 aromatic rings. The number of imide groups is 1. The van der Waals surface area contributed by atoms with E-state index in [1.165, 1.54) is 0 Å². The predicted molar refractivity (Wildman–Crippen MR) is 67.1 cm³/mol. The minimum absolute atomic E-state index is 0.146. The zero-order valence-electron chi connectivity index (χ0n) is 10.5. The summed E-state index contributed by atoms with van der Waals surface area (Å²) in [6, 6.07) is 7.81. The number of ether oxygens (including phenoxy) is 1. The predicted octanol–water partition coefficient (Wildman–Crippen LogP) is 2.05. The second-order valence-corrected chi connectivity index (χ2v) is 5.15. The summed E-state index contributed by atoms with van der Waals surface area (Å²) in [6.45, 7) is 0.219. The maximum Gasteiger partial charge on any atom is 0.414 e. The topological polar surface area (TPSA) is 66.8 Å². The highest BCUT2D eigenvalue weighted by atomic mass is 16.5. The van der Waals surface area contributed by atoms with E-state index < -0.39 is 11.7 Å². The highest BCUT2D eigenvalue weighted by molar-refractivity contribution is 5.92. The lowest BCUT2D eigenvalue weighted by molar-refractivity contribution is -0.139. The molecule has 5 heteroatoms. The van der Waals surface area contributed by atoms with E-state index in [4.69, 9.17) is 9.84 Å². The Balaban J connectivity index is 1.81. The van der Waals surface area contributed by atoms with Gasteiger partial charge < -0.3 is 9.84 Å². The van der Waals surface area contributed by atoms with Gasteiger partial charge in [0.2, 0.25) is 5.91 Å². The summed E-state index contributed by atoms with van der Waals surface area (Å²) in [7, 11) is 0. The summed E-state index contributed by atoms with van der Waals surface area (Å²) in [5, 5.41) is 8.92. The van der Waals surface area contributed by atoms with Crippen LogP contribution in [0.4, 0.5) is 4.79 Å². The fourth-order valence-corrected chi connectivity index (χ4v) is 2.86. The van der Waals surface area contributed by atoms with Crippen molar-refractivity contribution < 1.29 is 19.4 Å². The van der Waals surface area contributed by atoms with Crippen molar-refractivity contribution in [3.8, 4) is 5.75 Å². The van der Waals surface area contributed by atoms with Crippen LogP contribution in [-0.2, 0) is 11.2 Å². The van der Waals surface area contributed by atoms with Gasteiger partial charge in [-0.05, 0) is 24.5 Å². The van der Waals surface area contributed by atoms with Crippen LogP contribution in [0.3, 0.4) is 0 Å². The number of benzene rings is 1. The average Bonchev–Trinajstić information content (AvgIpc) is 2.38. The van der Waals surface area contributed by atoms with E-state index in [9.17, 15) is 9.59 Å². The SMILES string of the molecule is O=C(O)N1CCC2(CCc3ccccc3O2)CC1=O. The zero-order chi connectivity index (χ0) is 13.5. The van der Waals surface area contributed by atoms with Gasteiger partial charge in [0.15, 0.2) is 0 Å². The molecule has 100 valence electrons. The van der Waals surface area contributed by atoms with E-state index in [0.717, 1.165) is 29.1 Å². The molecule has 2 aliphatic rings. The molecule has 3 rings (SSSR count).